The van der Waals surface area contributed by atoms with Gasteiger partial charge in [-0.15, -0.1) is 0 Å². The van der Waals surface area contributed by atoms with Crippen LogP contribution in [0.3, 0.4) is 0 Å². The van der Waals surface area contributed by atoms with Crippen molar-refractivity contribution in [2.75, 3.05) is 13.7 Å². The zero-order chi connectivity index (χ0) is 16.7. The first-order valence-corrected chi connectivity index (χ1v) is 7.84. The van der Waals surface area contributed by atoms with Gasteiger partial charge in [-0.05, 0) is 37.6 Å². The number of benzene rings is 1. The Balaban J connectivity index is 2.52. The van der Waals surface area contributed by atoms with Gasteiger partial charge in [0.15, 0.2) is 0 Å². The number of hydrogen-bond donors (Lipinski definition) is 0. The molecule has 2 rings (SSSR count). The molecule has 1 aromatic heterocycles. The van der Waals surface area contributed by atoms with Crippen molar-refractivity contribution in [3.8, 4) is 17.6 Å². The summed E-state index contributed by atoms with van der Waals surface area (Å²) < 4.78 is 10.3. The summed E-state index contributed by atoms with van der Waals surface area (Å²) in [7, 11) is 1.62. The van der Waals surface area contributed by atoms with Gasteiger partial charge in [-0.25, -0.2) is 9.78 Å². The molecule has 4 nitrogen and oxygen atoms in total. The molecule has 1 heterocycles. The number of carbonyl (C=O) groups is 1. The Morgan fingerprint density at radius 1 is 1.26 bits per heavy atom. The number of methoxy groups -OCH3 is 1. The normalized spacial score (nSPS) is 10.0. The fourth-order valence-electron chi connectivity index (χ4n) is 2.17. The average molecular weight is 311 g/mol. The number of pyridine rings is 1. The van der Waals surface area contributed by atoms with Crippen LogP contribution < -0.4 is 4.74 Å². The van der Waals surface area contributed by atoms with Crippen molar-refractivity contribution in [1.29, 1.82) is 0 Å². The molecular weight excluding hydrogens is 290 g/mol. The minimum Gasteiger partial charge on any atom is -0.497 e. The van der Waals surface area contributed by atoms with Gasteiger partial charge in [-0.1, -0.05) is 25.2 Å². The minimum absolute atomic E-state index is 0.282. The van der Waals surface area contributed by atoms with Crippen LogP contribution in [-0.2, 0) is 4.74 Å². The summed E-state index contributed by atoms with van der Waals surface area (Å²) in [6.07, 6.45) is 3.00. The zero-order valence-electron chi connectivity index (χ0n) is 13.8. The number of ether oxygens (including phenoxy) is 2. The van der Waals surface area contributed by atoms with Crippen LogP contribution in [-0.4, -0.2) is 24.7 Å². The number of rotatable bonds is 5. The van der Waals surface area contributed by atoms with Gasteiger partial charge in [0.05, 0.1) is 19.2 Å². The minimum atomic E-state index is -0.429. The Hall–Kier alpha value is -2.54. The summed E-state index contributed by atoms with van der Waals surface area (Å²) in [5.41, 5.74) is 1.76. The van der Waals surface area contributed by atoms with Crippen molar-refractivity contribution in [3.63, 3.8) is 0 Å². The van der Waals surface area contributed by atoms with Gasteiger partial charge in [0.2, 0.25) is 0 Å². The van der Waals surface area contributed by atoms with Crippen LogP contribution in [0.15, 0.2) is 24.3 Å². The molecule has 0 atom stereocenters. The zero-order valence-corrected chi connectivity index (χ0v) is 13.8. The van der Waals surface area contributed by atoms with Gasteiger partial charge >= 0.3 is 5.97 Å². The van der Waals surface area contributed by atoms with E-state index in [9.17, 15) is 4.79 Å². The highest BCUT2D eigenvalue weighted by molar-refractivity contribution is 5.94. The molecular formula is C19H21NO3. The molecule has 0 saturated carbocycles. The number of carbonyl (C=O) groups excluding carboxylic acids is 1. The van der Waals surface area contributed by atoms with E-state index in [0.29, 0.717) is 12.1 Å². The quantitative estimate of drug-likeness (QED) is 0.476. The molecule has 1 aromatic carbocycles. The molecule has 0 saturated heterocycles. The third-order valence-electron chi connectivity index (χ3n) is 3.38. The number of fused-ring (bicyclic) bond motifs is 1. The van der Waals surface area contributed by atoms with Crippen LogP contribution in [0, 0.1) is 11.8 Å². The number of aromatic nitrogens is 1. The molecule has 0 radical (unpaired) electrons. The molecule has 120 valence electrons. The van der Waals surface area contributed by atoms with Crippen LogP contribution in [0.4, 0.5) is 0 Å². The summed E-state index contributed by atoms with van der Waals surface area (Å²) in [5, 5.41) is 0.876. The lowest BCUT2D eigenvalue weighted by Crippen LogP contribution is -2.07. The van der Waals surface area contributed by atoms with Crippen molar-refractivity contribution in [2.45, 2.75) is 33.1 Å². The van der Waals surface area contributed by atoms with Crippen molar-refractivity contribution in [2.24, 2.45) is 0 Å². The van der Waals surface area contributed by atoms with E-state index in [-0.39, 0.29) is 5.69 Å². The Morgan fingerprint density at radius 3 is 2.78 bits per heavy atom. The van der Waals surface area contributed by atoms with Crippen LogP contribution in [0.25, 0.3) is 10.9 Å². The molecule has 0 amide bonds. The van der Waals surface area contributed by atoms with E-state index in [2.05, 4.69) is 23.7 Å². The summed E-state index contributed by atoms with van der Waals surface area (Å²) in [6.45, 7) is 4.22. The van der Waals surface area contributed by atoms with Crippen LogP contribution >= 0.6 is 0 Å². The number of esters is 1. The maximum Gasteiger partial charge on any atom is 0.356 e. The third kappa shape index (κ3) is 4.23. The largest absolute Gasteiger partial charge is 0.497 e. The lowest BCUT2D eigenvalue weighted by Gasteiger charge is -2.07. The molecule has 0 N–H and O–H groups in total. The topological polar surface area (TPSA) is 48.4 Å². The Kier molecular flexibility index (Phi) is 5.99. The maximum atomic E-state index is 12.0. The Labute approximate surface area is 136 Å². The van der Waals surface area contributed by atoms with Gasteiger partial charge in [0.25, 0.3) is 0 Å². The summed E-state index contributed by atoms with van der Waals surface area (Å²) in [4.78, 5) is 16.4. The average Bonchev–Trinajstić information content (AvgIpc) is 2.58. The molecule has 0 bridgehead atoms. The van der Waals surface area contributed by atoms with Crippen LogP contribution in [0.2, 0.25) is 0 Å². The number of hydrogen-bond acceptors (Lipinski definition) is 4. The maximum absolute atomic E-state index is 12.0. The lowest BCUT2D eigenvalue weighted by atomic mass is 10.1. The van der Waals surface area contributed by atoms with Gasteiger partial charge < -0.3 is 9.47 Å². The first-order chi connectivity index (χ1) is 11.2. The van der Waals surface area contributed by atoms with E-state index < -0.39 is 5.97 Å². The van der Waals surface area contributed by atoms with E-state index >= 15 is 0 Å². The van der Waals surface area contributed by atoms with E-state index in [0.717, 1.165) is 36.0 Å². The Bertz CT molecular complexity index is 756. The van der Waals surface area contributed by atoms with Crippen molar-refractivity contribution in [1.82, 2.24) is 4.98 Å². The summed E-state index contributed by atoms with van der Waals surface area (Å²) >= 11 is 0. The second kappa shape index (κ2) is 8.19. The summed E-state index contributed by atoms with van der Waals surface area (Å²) in [6, 6.07) is 7.23. The Morgan fingerprint density at radius 2 is 2.09 bits per heavy atom. The van der Waals surface area contributed by atoms with Crippen molar-refractivity contribution >= 4 is 16.9 Å². The van der Waals surface area contributed by atoms with Gasteiger partial charge in [-0.3, -0.25) is 0 Å². The van der Waals surface area contributed by atoms with E-state index in [1.54, 1.807) is 20.1 Å². The highest BCUT2D eigenvalue weighted by Gasteiger charge is 2.12. The fraction of sp³-hybridized carbons (Fsp3) is 0.368. The van der Waals surface area contributed by atoms with Crippen LogP contribution in [0.1, 0.15) is 49.2 Å². The second-order valence-electron chi connectivity index (χ2n) is 5.06. The van der Waals surface area contributed by atoms with Crippen LogP contribution in [0.5, 0.6) is 5.75 Å². The lowest BCUT2D eigenvalue weighted by molar-refractivity contribution is 0.0520. The predicted octanol–water partition coefficient (Wildman–Crippen LogP) is 3.96. The molecule has 0 aliphatic rings. The molecule has 0 aliphatic carbocycles. The molecule has 0 aliphatic heterocycles. The first-order valence-electron chi connectivity index (χ1n) is 7.84. The number of unbranched alkanes of at least 4 members (excludes halogenated alkanes) is 2. The molecule has 2 aromatic rings. The first kappa shape index (κ1) is 16.8. The highest BCUT2D eigenvalue weighted by atomic mass is 16.5. The van der Waals surface area contributed by atoms with Crippen molar-refractivity contribution in [3.05, 3.63) is 35.5 Å². The van der Waals surface area contributed by atoms with Gasteiger partial charge in [-0.2, -0.15) is 0 Å². The van der Waals surface area contributed by atoms with Crippen molar-refractivity contribution < 1.29 is 14.3 Å². The van der Waals surface area contributed by atoms with E-state index in [1.165, 1.54) is 0 Å². The fourth-order valence-corrected chi connectivity index (χ4v) is 2.17. The molecule has 4 heteroatoms. The molecule has 0 spiro atoms. The highest BCUT2D eigenvalue weighted by Crippen LogP contribution is 2.23. The molecule has 23 heavy (non-hydrogen) atoms. The SMILES string of the molecule is CCCCC#Cc1cc(C(=O)OCC)nc2ccc(OC)cc12. The molecule has 0 unspecified atom stereocenters. The molecule has 0 fully saturated rings. The monoisotopic (exact) mass is 311 g/mol. The second-order valence-corrected chi connectivity index (χ2v) is 5.06. The predicted molar refractivity (Wildman–Crippen MR) is 90.7 cm³/mol. The van der Waals surface area contributed by atoms with E-state index in [1.807, 2.05) is 18.2 Å². The smallest absolute Gasteiger partial charge is 0.356 e. The van der Waals surface area contributed by atoms with E-state index in [4.69, 9.17) is 9.47 Å². The summed E-state index contributed by atoms with van der Waals surface area (Å²) in [5.74, 6) is 6.62. The van der Waals surface area contributed by atoms with Gasteiger partial charge in [0, 0.05) is 17.4 Å². The number of nitrogens with zero attached hydrogens (tertiary/aromatic N) is 1. The third-order valence-corrected chi connectivity index (χ3v) is 3.38. The standard InChI is InChI=1S/C19H21NO3/c1-4-6-7-8-9-14-12-18(19(21)23-5-2)20-17-11-10-15(22-3)13-16(14)17/h10-13H,4-7H2,1-3H3. The van der Waals surface area contributed by atoms with Gasteiger partial charge in [0.1, 0.15) is 11.4 Å².